The molecule has 1 saturated carbocycles. The Morgan fingerprint density at radius 2 is 2.27 bits per heavy atom. The van der Waals surface area contributed by atoms with Gasteiger partial charge in [0.1, 0.15) is 6.61 Å². The molecule has 1 fully saturated rings. The number of ether oxygens (including phenoxy) is 1. The van der Waals surface area contributed by atoms with Crippen LogP contribution in [0.25, 0.3) is 0 Å². The maximum absolute atomic E-state index is 10.6. The van der Waals surface area contributed by atoms with E-state index in [-0.39, 0.29) is 12.2 Å². The molecule has 0 heterocycles. The van der Waals surface area contributed by atoms with E-state index in [2.05, 4.69) is 20.8 Å². The summed E-state index contributed by atoms with van der Waals surface area (Å²) in [6.07, 6.45) is 4.39. The summed E-state index contributed by atoms with van der Waals surface area (Å²) in [6.45, 7) is 6.31. The molecule has 88 valence electrons. The molecule has 3 heteroatoms. The van der Waals surface area contributed by atoms with E-state index in [1.54, 1.807) is 0 Å². The smallest absolute Gasteiger partial charge is 0.329 e. The maximum atomic E-state index is 10.6. The van der Waals surface area contributed by atoms with Crippen molar-refractivity contribution in [3.63, 3.8) is 0 Å². The molecular weight excluding hydrogens is 192 g/mol. The number of carboxylic acid groups (broad SMARTS) is 1. The van der Waals surface area contributed by atoms with E-state index in [4.69, 9.17) is 9.84 Å². The second kappa shape index (κ2) is 4.97. The van der Waals surface area contributed by atoms with Gasteiger partial charge in [0.15, 0.2) is 0 Å². The molecule has 0 aliphatic heterocycles. The Labute approximate surface area is 91.8 Å². The topological polar surface area (TPSA) is 46.5 Å². The zero-order valence-electron chi connectivity index (χ0n) is 9.95. The lowest BCUT2D eigenvalue weighted by Crippen LogP contribution is -2.43. The van der Waals surface area contributed by atoms with Gasteiger partial charge in [-0.15, -0.1) is 0 Å². The second-order valence-corrected chi connectivity index (χ2v) is 5.10. The Morgan fingerprint density at radius 3 is 2.73 bits per heavy atom. The molecule has 3 nitrogen and oxygen atoms in total. The molecule has 0 spiro atoms. The van der Waals surface area contributed by atoms with Crippen molar-refractivity contribution in [3.05, 3.63) is 0 Å². The summed E-state index contributed by atoms with van der Waals surface area (Å²) >= 11 is 0. The van der Waals surface area contributed by atoms with Crippen molar-refractivity contribution < 1.29 is 14.6 Å². The highest BCUT2D eigenvalue weighted by molar-refractivity contribution is 5.68. The van der Waals surface area contributed by atoms with E-state index in [1.165, 1.54) is 6.42 Å². The van der Waals surface area contributed by atoms with Gasteiger partial charge in [0.25, 0.3) is 0 Å². The third-order valence-corrected chi connectivity index (χ3v) is 3.53. The predicted octanol–water partition coefficient (Wildman–Crippen LogP) is 2.69. The summed E-state index contributed by atoms with van der Waals surface area (Å²) in [7, 11) is 0. The van der Waals surface area contributed by atoms with Crippen LogP contribution in [-0.4, -0.2) is 23.3 Å². The van der Waals surface area contributed by atoms with Crippen LogP contribution >= 0.6 is 0 Å². The van der Waals surface area contributed by atoms with Crippen molar-refractivity contribution in [2.45, 2.75) is 52.1 Å². The molecule has 1 rings (SSSR count). The van der Waals surface area contributed by atoms with Crippen molar-refractivity contribution in [2.24, 2.45) is 11.8 Å². The second-order valence-electron chi connectivity index (χ2n) is 5.10. The monoisotopic (exact) mass is 214 g/mol. The first-order valence-corrected chi connectivity index (χ1v) is 5.82. The summed E-state index contributed by atoms with van der Waals surface area (Å²) in [4.78, 5) is 10.6. The van der Waals surface area contributed by atoms with Gasteiger partial charge in [-0.05, 0) is 24.7 Å². The van der Waals surface area contributed by atoms with Crippen LogP contribution in [0.5, 0.6) is 0 Å². The Kier molecular flexibility index (Phi) is 4.14. The van der Waals surface area contributed by atoms with Crippen LogP contribution in [0.3, 0.4) is 0 Å². The van der Waals surface area contributed by atoms with Crippen LogP contribution in [0.1, 0.15) is 46.5 Å². The minimum atomic E-state index is -0.867. The zero-order valence-corrected chi connectivity index (χ0v) is 9.95. The first kappa shape index (κ1) is 12.5. The van der Waals surface area contributed by atoms with Gasteiger partial charge in [-0.1, -0.05) is 33.6 Å². The van der Waals surface area contributed by atoms with Crippen molar-refractivity contribution >= 4 is 5.97 Å². The average Bonchev–Trinajstić information content (AvgIpc) is 2.14. The van der Waals surface area contributed by atoms with E-state index in [9.17, 15) is 4.79 Å². The SMILES string of the molecule is CC1CCCC(OCC(=O)O)(C(C)C)C1. The number of hydrogen-bond acceptors (Lipinski definition) is 2. The normalized spacial score (nSPS) is 31.9. The minimum absolute atomic E-state index is 0.162. The first-order chi connectivity index (χ1) is 6.96. The zero-order chi connectivity index (χ0) is 11.5. The third kappa shape index (κ3) is 3.20. The number of hydrogen-bond donors (Lipinski definition) is 1. The van der Waals surface area contributed by atoms with E-state index in [0.29, 0.717) is 11.8 Å². The highest BCUT2D eigenvalue weighted by Crippen LogP contribution is 2.40. The summed E-state index contributed by atoms with van der Waals surface area (Å²) in [6, 6.07) is 0. The van der Waals surface area contributed by atoms with Gasteiger partial charge in [0.05, 0.1) is 5.60 Å². The van der Waals surface area contributed by atoms with Gasteiger partial charge >= 0.3 is 5.97 Å². The van der Waals surface area contributed by atoms with Crippen molar-refractivity contribution in [1.82, 2.24) is 0 Å². The summed E-state index contributed by atoms with van der Waals surface area (Å²) < 4.78 is 5.66. The van der Waals surface area contributed by atoms with Gasteiger partial charge in [-0.2, -0.15) is 0 Å². The van der Waals surface area contributed by atoms with Gasteiger partial charge in [-0.25, -0.2) is 4.79 Å². The van der Waals surface area contributed by atoms with Crippen LogP contribution in [0.4, 0.5) is 0 Å². The van der Waals surface area contributed by atoms with Crippen LogP contribution in [0.15, 0.2) is 0 Å². The van der Waals surface area contributed by atoms with E-state index < -0.39 is 5.97 Å². The number of carboxylic acids is 1. The van der Waals surface area contributed by atoms with Crippen LogP contribution in [0.2, 0.25) is 0 Å². The highest BCUT2D eigenvalue weighted by atomic mass is 16.5. The molecular formula is C12H22O3. The highest BCUT2D eigenvalue weighted by Gasteiger charge is 2.39. The van der Waals surface area contributed by atoms with Crippen molar-refractivity contribution in [2.75, 3.05) is 6.61 Å². The van der Waals surface area contributed by atoms with E-state index in [1.807, 2.05) is 0 Å². The van der Waals surface area contributed by atoms with Gasteiger partial charge in [0, 0.05) is 0 Å². The van der Waals surface area contributed by atoms with E-state index in [0.717, 1.165) is 19.3 Å². The molecule has 0 saturated heterocycles. The largest absolute Gasteiger partial charge is 0.480 e. The maximum Gasteiger partial charge on any atom is 0.329 e. The summed E-state index contributed by atoms with van der Waals surface area (Å²) in [5, 5.41) is 8.68. The predicted molar refractivity (Wildman–Crippen MR) is 58.8 cm³/mol. The summed E-state index contributed by atoms with van der Waals surface area (Å²) in [5.74, 6) is 0.169. The Hall–Kier alpha value is -0.570. The number of carbonyl (C=O) groups is 1. The molecule has 0 radical (unpaired) electrons. The van der Waals surface area contributed by atoms with Gasteiger partial charge in [0.2, 0.25) is 0 Å². The Balaban J connectivity index is 2.64. The first-order valence-electron chi connectivity index (χ1n) is 5.82. The summed E-state index contributed by atoms with van der Waals surface area (Å²) in [5.41, 5.74) is -0.198. The Morgan fingerprint density at radius 1 is 1.60 bits per heavy atom. The molecule has 0 aromatic carbocycles. The third-order valence-electron chi connectivity index (χ3n) is 3.53. The van der Waals surface area contributed by atoms with Crippen molar-refractivity contribution in [3.8, 4) is 0 Å². The molecule has 0 aromatic heterocycles. The van der Waals surface area contributed by atoms with Crippen LogP contribution in [0, 0.1) is 11.8 Å². The molecule has 0 aromatic rings. The van der Waals surface area contributed by atoms with Crippen molar-refractivity contribution in [1.29, 1.82) is 0 Å². The molecule has 0 bridgehead atoms. The molecule has 1 aliphatic carbocycles. The molecule has 1 aliphatic rings. The lowest BCUT2D eigenvalue weighted by atomic mass is 9.73. The standard InChI is InChI=1S/C12H22O3/c1-9(2)12(15-8-11(13)14)6-4-5-10(3)7-12/h9-10H,4-8H2,1-3H3,(H,13,14). The van der Waals surface area contributed by atoms with Gasteiger partial charge in [-0.3, -0.25) is 0 Å². The van der Waals surface area contributed by atoms with Crippen LogP contribution in [-0.2, 0) is 9.53 Å². The van der Waals surface area contributed by atoms with Gasteiger partial charge < -0.3 is 9.84 Å². The molecule has 1 N–H and O–H groups in total. The number of aliphatic carboxylic acids is 1. The average molecular weight is 214 g/mol. The lowest BCUT2D eigenvalue weighted by molar-refractivity contribution is -0.159. The fourth-order valence-corrected chi connectivity index (χ4v) is 2.57. The van der Waals surface area contributed by atoms with E-state index >= 15 is 0 Å². The molecule has 15 heavy (non-hydrogen) atoms. The molecule has 0 amide bonds. The Bertz CT molecular complexity index is 225. The number of rotatable bonds is 4. The van der Waals surface area contributed by atoms with Crippen LogP contribution < -0.4 is 0 Å². The minimum Gasteiger partial charge on any atom is -0.480 e. The fraction of sp³-hybridized carbons (Fsp3) is 0.917. The molecule has 2 unspecified atom stereocenters. The molecule has 2 atom stereocenters. The fourth-order valence-electron chi connectivity index (χ4n) is 2.57. The lowest BCUT2D eigenvalue weighted by Gasteiger charge is -2.42. The quantitative estimate of drug-likeness (QED) is 0.782.